The lowest BCUT2D eigenvalue weighted by molar-refractivity contribution is 0.330. The maximum atomic E-state index is 12.4. The molecule has 0 saturated heterocycles. The quantitative estimate of drug-likeness (QED) is 0.709. The van der Waals surface area contributed by atoms with Gasteiger partial charge >= 0.3 is 0 Å². The van der Waals surface area contributed by atoms with E-state index in [2.05, 4.69) is 39.3 Å². The summed E-state index contributed by atoms with van der Waals surface area (Å²) in [5, 5.41) is 3.87. The Labute approximate surface area is 160 Å². The molecule has 140 valence electrons. The standard InChI is InChI=1S/C19H24ClN3O2S/c20-19-11-10-18(14-22-19)26(24,25)23-17-8-6-16(7-9-17)21-13-12-15-4-2-1-3-5-15/h1-5,10-11,14,16-17,21,23H,6-9,12-13H2. The summed E-state index contributed by atoms with van der Waals surface area (Å²) in [6.07, 6.45) is 5.92. The van der Waals surface area contributed by atoms with Crippen molar-refractivity contribution in [2.45, 2.75) is 49.1 Å². The van der Waals surface area contributed by atoms with Crippen LogP contribution in [0.15, 0.2) is 53.6 Å². The molecule has 1 fully saturated rings. The van der Waals surface area contributed by atoms with E-state index in [4.69, 9.17) is 11.6 Å². The van der Waals surface area contributed by atoms with Crippen LogP contribution in [0.25, 0.3) is 0 Å². The van der Waals surface area contributed by atoms with Gasteiger partial charge in [-0.25, -0.2) is 18.1 Å². The average molecular weight is 394 g/mol. The molecule has 2 N–H and O–H groups in total. The first kappa shape index (κ1) is 19.3. The van der Waals surface area contributed by atoms with Gasteiger partial charge < -0.3 is 5.32 Å². The van der Waals surface area contributed by atoms with Gasteiger partial charge in [-0.05, 0) is 56.3 Å². The van der Waals surface area contributed by atoms with Crippen LogP contribution in [-0.2, 0) is 16.4 Å². The Kier molecular flexibility index (Phi) is 6.64. The van der Waals surface area contributed by atoms with E-state index >= 15 is 0 Å². The third-order valence-corrected chi connectivity index (χ3v) is 6.48. The van der Waals surface area contributed by atoms with Crippen LogP contribution in [0.5, 0.6) is 0 Å². The third-order valence-electron chi connectivity index (χ3n) is 4.75. The largest absolute Gasteiger partial charge is 0.314 e. The van der Waals surface area contributed by atoms with E-state index < -0.39 is 10.0 Å². The Bertz CT molecular complexity index is 789. The molecule has 3 rings (SSSR count). The molecular weight excluding hydrogens is 370 g/mol. The number of hydrogen-bond donors (Lipinski definition) is 2. The zero-order chi connectivity index (χ0) is 18.4. The molecule has 1 saturated carbocycles. The Morgan fingerprint density at radius 1 is 1.00 bits per heavy atom. The van der Waals surface area contributed by atoms with Crippen molar-refractivity contribution >= 4 is 21.6 Å². The highest BCUT2D eigenvalue weighted by Crippen LogP contribution is 2.21. The number of nitrogens with one attached hydrogen (secondary N) is 2. The molecule has 0 unspecified atom stereocenters. The van der Waals surface area contributed by atoms with Gasteiger partial charge in [-0.2, -0.15) is 0 Å². The number of nitrogens with zero attached hydrogens (tertiary/aromatic N) is 1. The first-order valence-electron chi connectivity index (χ1n) is 8.94. The van der Waals surface area contributed by atoms with E-state index in [1.54, 1.807) is 0 Å². The minimum Gasteiger partial charge on any atom is -0.314 e. The molecule has 0 amide bonds. The fourth-order valence-corrected chi connectivity index (χ4v) is 4.65. The van der Waals surface area contributed by atoms with Crippen LogP contribution in [0.2, 0.25) is 5.15 Å². The molecule has 0 atom stereocenters. The summed E-state index contributed by atoms with van der Waals surface area (Å²) < 4.78 is 27.6. The molecule has 26 heavy (non-hydrogen) atoms. The summed E-state index contributed by atoms with van der Waals surface area (Å²) in [5.41, 5.74) is 1.33. The highest BCUT2D eigenvalue weighted by atomic mass is 35.5. The maximum absolute atomic E-state index is 12.4. The molecule has 1 aliphatic rings. The summed E-state index contributed by atoms with van der Waals surface area (Å²) in [6, 6.07) is 13.8. The van der Waals surface area contributed by atoms with Gasteiger partial charge in [-0.15, -0.1) is 0 Å². The van der Waals surface area contributed by atoms with Crippen LogP contribution >= 0.6 is 11.6 Å². The van der Waals surface area contributed by atoms with Crippen molar-refractivity contribution in [2.75, 3.05) is 6.54 Å². The normalized spacial score (nSPS) is 20.8. The molecule has 1 heterocycles. The first-order chi connectivity index (χ1) is 12.5. The summed E-state index contributed by atoms with van der Waals surface area (Å²) >= 11 is 5.72. The van der Waals surface area contributed by atoms with E-state index in [-0.39, 0.29) is 16.1 Å². The second-order valence-corrected chi connectivity index (χ2v) is 8.78. The molecule has 2 aromatic rings. The van der Waals surface area contributed by atoms with Gasteiger partial charge in [0.1, 0.15) is 10.0 Å². The summed E-state index contributed by atoms with van der Waals surface area (Å²) in [6.45, 7) is 0.946. The average Bonchev–Trinajstić information content (AvgIpc) is 2.64. The lowest BCUT2D eigenvalue weighted by atomic mass is 9.92. The van der Waals surface area contributed by atoms with Crippen molar-refractivity contribution in [3.8, 4) is 0 Å². The third kappa shape index (κ3) is 5.51. The molecular formula is C19H24ClN3O2S. The summed E-state index contributed by atoms with van der Waals surface area (Å²) in [5.74, 6) is 0. The number of pyridine rings is 1. The molecule has 5 nitrogen and oxygen atoms in total. The number of hydrogen-bond acceptors (Lipinski definition) is 4. The SMILES string of the molecule is O=S(=O)(NC1CCC(NCCc2ccccc2)CC1)c1ccc(Cl)nc1. The van der Waals surface area contributed by atoms with E-state index in [0.29, 0.717) is 6.04 Å². The molecule has 0 radical (unpaired) electrons. The lowest BCUT2D eigenvalue weighted by Gasteiger charge is -2.29. The fourth-order valence-electron chi connectivity index (χ4n) is 3.29. The Hall–Kier alpha value is -1.47. The molecule has 1 aromatic carbocycles. The smallest absolute Gasteiger partial charge is 0.242 e. The van der Waals surface area contributed by atoms with E-state index in [9.17, 15) is 8.42 Å². The number of aromatic nitrogens is 1. The van der Waals surface area contributed by atoms with E-state index in [0.717, 1.165) is 38.6 Å². The zero-order valence-electron chi connectivity index (χ0n) is 14.6. The molecule has 0 aliphatic heterocycles. The summed E-state index contributed by atoms with van der Waals surface area (Å²) in [4.78, 5) is 4.00. The van der Waals surface area contributed by atoms with Crippen molar-refractivity contribution < 1.29 is 8.42 Å². The van der Waals surface area contributed by atoms with Gasteiger partial charge in [0.2, 0.25) is 10.0 Å². The van der Waals surface area contributed by atoms with Gasteiger partial charge in [-0.1, -0.05) is 41.9 Å². The van der Waals surface area contributed by atoms with Crippen molar-refractivity contribution in [1.29, 1.82) is 0 Å². The molecule has 7 heteroatoms. The highest BCUT2D eigenvalue weighted by Gasteiger charge is 2.25. The Balaban J connectivity index is 1.42. The van der Waals surface area contributed by atoms with Crippen LogP contribution in [0, 0.1) is 0 Å². The Morgan fingerprint density at radius 3 is 2.35 bits per heavy atom. The van der Waals surface area contributed by atoms with Crippen molar-refractivity contribution in [2.24, 2.45) is 0 Å². The number of benzene rings is 1. The highest BCUT2D eigenvalue weighted by molar-refractivity contribution is 7.89. The molecule has 0 bridgehead atoms. The predicted molar refractivity (Wildman–Crippen MR) is 104 cm³/mol. The van der Waals surface area contributed by atoms with Crippen molar-refractivity contribution in [3.05, 3.63) is 59.4 Å². The number of sulfonamides is 1. The van der Waals surface area contributed by atoms with Gasteiger partial charge in [0.25, 0.3) is 0 Å². The zero-order valence-corrected chi connectivity index (χ0v) is 16.1. The fraction of sp³-hybridized carbons (Fsp3) is 0.421. The summed E-state index contributed by atoms with van der Waals surface area (Å²) in [7, 11) is -3.54. The van der Waals surface area contributed by atoms with Gasteiger partial charge in [0.15, 0.2) is 0 Å². The predicted octanol–water partition coefficient (Wildman–Crippen LogP) is 3.16. The van der Waals surface area contributed by atoms with Gasteiger partial charge in [0.05, 0.1) is 0 Å². The van der Waals surface area contributed by atoms with E-state index in [1.165, 1.54) is 23.9 Å². The maximum Gasteiger partial charge on any atom is 0.242 e. The van der Waals surface area contributed by atoms with Crippen LogP contribution < -0.4 is 10.0 Å². The number of rotatable bonds is 7. The van der Waals surface area contributed by atoms with Crippen LogP contribution in [0.1, 0.15) is 31.2 Å². The Morgan fingerprint density at radius 2 is 1.69 bits per heavy atom. The van der Waals surface area contributed by atoms with Gasteiger partial charge in [-0.3, -0.25) is 0 Å². The minimum atomic E-state index is -3.54. The monoisotopic (exact) mass is 393 g/mol. The number of halogens is 1. The molecule has 0 spiro atoms. The van der Waals surface area contributed by atoms with Crippen LogP contribution in [0.4, 0.5) is 0 Å². The molecule has 1 aliphatic carbocycles. The van der Waals surface area contributed by atoms with E-state index in [1.807, 2.05) is 6.07 Å². The van der Waals surface area contributed by atoms with Crippen molar-refractivity contribution in [3.63, 3.8) is 0 Å². The van der Waals surface area contributed by atoms with Crippen LogP contribution in [0.3, 0.4) is 0 Å². The molecule has 1 aromatic heterocycles. The lowest BCUT2D eigenvalue weighted by Crippen LogP contribution is -2.42. The topological polar surface area (TPSA) is 71.1 Å². The second kappa shape index (κ2) is 8.95. The second-order valence-electron chi connectivity index (χ2n) is 6.68. The minimum absolute atomic E-state index is 0.0251. The van der Waals surface area contributed by atoms with Crippen molar-refractivity contribution in [1.82, 2.24) is 15.0 Å². The first-order valence-corrected chi connectivity index (χ1v) is 10.8. The van der Waals surface area contributed by atoms with Crippen LogP contribution in [-0.4, -0.2) is 32.0 Å². The van der Waals surface area contributed by atoms with Gasteiger partial charge in [0, 0.05) is 18.3 Å².